The molecule has 2 N–H and O–H groups in total. The number of hydrogen-bond acceptors (Lipinski definition) is 6. The molecule has 10 heteroatoms. The Balaban J connectivity index is 2.11. The van der Waals surface area contributed by atoms with Crippen LogP contribution in [-0.2, 0) is 13.1 Å². The van der Waals surface area contributed by atoms with E-state index < -0.39 is 6.61 Å². The first-order valence-electron chi connectivity index (χ1n) is 7.95. The van der Waals surface area contributed by atoms with Gasteiger partial charge in [0, 0.05) is 19.0 Å². The molecule has 0 amide bonds. The molecule has 0 unspecified atom stereocenters. The summed E-state index contributed by atoms with van der Waals surface area (Å²) >= 11 is 0. The van der Waals surface area contributed by atoms with Crippen LogP contribution in [0.25, 0.3) is 0 Å². The molecule has 0 aliphatic rings. The number of halogens is 2. The van der Waals surface area contributed by atoms with Gasteiger partial charge in [0.1, 0.15) is 11.5 Å². The highest BCUT2D eigenvalue weighted by atomic mass is 19.3. The highest BCUT2D eigenvalue weighted by Gasteiger charge is 2.11. The zero-order chi connectivity index (χ0) is 18.9. The number of benzene rings is 1. The molecule has 0 atom stereocenters. The maximum atomic E-state index is 12.6. The van der Waals surface area contributed by atoms with E-state index in [-0.39, 0.29) is 12.3 Å². The number of hydrogen-bond donors (Lipinski definition) is 2. The number of nitrogens with one attached hydrogen (secondary N) is 2. The second-order valence-corrected chi connectivity index (χ2v) is 5.13. The number of rotatable bonds is 8. The number of aryl methyl sites for hydroxylation is 1. The zero-order valence-corrected chi connectivity index (χ0v) is 14.8. The summed E-state index contributed by atoms with van der Waals surface area (Å²) in [7, 11) is 1.49. The zero-order valence-electron chi connectivity index (χ0n) is 14.8. The van der Waals surface area contributed by atoms with Crippen LogP contribution in [0.4, 0.5) is 8.78 Å². The van der Waals surface area contributed by atoms with E-state index in [9.17, 15) is 8.78 Å². The van der Waals surface area contributed by atoms with E-state index in [4.69, 9.17) is 9.26 Å². The molecule has 0 aliphatic heterocycles. The second-order valence-electron chi connectivity index (χ2n) is 5.13. The van der Waals surface area contributed by atoms with Gasteiger partial charge in [0.15, 0.2) is 11.8 Å². The van der Waals surface area contributed by atoms with E-state index in [1.807, 2.05) is 6.92 Å². The van der Waals surface area contributed by atoms with Crippen molar-refractivity contribution in [2.45, 2.75) is 33.5 Å². The summed E-state index contributed by atoms with van der Waals surface area (Å²) in [6.07, 6.45) is 0. The monoisotopic (exact) mass is 369 g/mol. The van der Waals surface area contributed by atoms with Gasteiger partial charge in [-0.25, -0.2) is 4.99 Å². The summed E-state index contributed by atoms with van der Waals surface area (Å²) in [5, 5.41) is 9.88. The SMILES string of the molecule is CCNC(=NCc1cc(OC)ccc1OC(F)F)NCc1noc(C)n1. The van der Waals surface area contributed by atoms with Crippen molar-refractivity contribution < 1.29 is 22.8 Å². The molecule has 0 saturated heterocycles. The van der Waals surface area contributed by atoms with E-state index in [0.717, 1.165) is 0 Å². The second kappa shape index (κ2) is 9.54. The minimum Gasteiger partial charge on any atom is -0.497 e. The maximum Gasteiger partial charge on any atom is 0.387 e. The number of methoxy groups -OCH3 is 1. The van der Waals surface area contributed by atoms with Gasteiger partial charge in [-0.1, -0.05) is 5.16 Å². The van der Waals surface area contributed by atoms with Crippen LogP contribution < -0.4 is 20.1 Å². The lowest BCUT2D eigenvalue weighted by molar-refractivity contribution is -0.0504. The molecule has 8 nitrogen and oxygen atoms in total. The molecule has 0 fully saturated rings. The lowest BCUT2D eigenvalue weighted by atomic mass is 10.2. The minimum atomic E-state index is -2.92. The topological polar surface area (TPSA) is 93.8 Å². The molecule has 0 spiro atoms. The fraction of sp³-hybridized carbons (Fsp3) is 0.438. The highest BCUT2D eigenvalue weighted by molar-refractivity contribution is 5.79. The van der Waals surface area contributed by atoms with Gasteiger partial charge in [0.2, 0.25) is 5.89 Å². The Bertz CT molecular complexity index is 736. The summed E-state index contributed by atoms with van der Waals surface area (Å²) in [4.78, 5) is 8.46. The third-order valence-corrected chi connectivity index (χ3v) is 3.22. The van der Waals surface area contributed by atoms with Crippen molar-refractivity contribution in [1.29, 1.82) is 0 Å². The van der Waals surface area contributed by atoms with Crippen LogP contribution in [0.15, 0.2) is 27.7 Å². The number of alkyl halides is 2. The van der Waals surface area contributed by atoms with Gasteiger partial charge in [0.05, 0.1) is 20.2 Å². The van der Waals surface area contributed by atoms with Crippen molar-refractivity contribution in [3.8, 4) is 11.5 Å². The van der Waals surface area contributed by atoms with Crippen molar-refractivity contribution in [2.75, 3.05) is 13.7 Å². The summed E-state index contributed by atoms with van der Waals surface area (Å²) in [5.41, 5.74) is 0.470. The Morgan fingerprint density at radius 1 is 1.35 bits per heavy atom. The van der Waals surface area contributed by atoms with Crippen LogP contribution in [0.3, 0.4) is 0 Å². The lowest BCUT2D eigenvalue weighted by Crippen LogP contribution is -2.37. The molecule has 26 heavy (non-hydrogen) atoms. The van der Waals surface area contributed by atoms with E-state index in [2.05, 4.69) is 30.5 Å². The number of nitrogens with zero attached hydrogens (tertiary/aromatic N) is 3. The first-order valence-corrected chi connectivity index (χ1v) is 7.95. The third-order valence-electron chi connectivity index (χ3n) is 3.22. The molecule has 0 radical (unpaired) electrons. The Hall–Kier alpha value is -2.91. The average Bonchev–Trinajstić information content (AvgIpc) is 3.03. The van der Waals surface area contributed by atoms with Crippen LogP contribution in [-0.4, -0.2) is 36.4 Å². The van der Waals surface area contributed by atoms with Crippen molar-refractivity contribution in [1.82, 2.24) is 20.8 Å². The fourth-order valence-electron chi connectivity index (χ4n) is 2.10. The summed E-state index contributed by atoms with van der Waals surface area (Å²) in [5.74, 6) is 2.00. The van der Waals surface area contributed by atoms with Crippen LogP contribution in [0.5, 0.6) is 11.5 Å². The fourth-order valence-corrected chi connectivity index (χ4v) is 2.10. The maximum absolute atomic E-state index is 12.6. The molecule has 0 saturated carbocycles. The Morgan fingerprint density at radius 2 is 2.15 bits per heavy atom. The third kappa shape index (κ3) is 5.87. The molecule has 0 bridgehead atoms. The quantitative estimate of drug-likeness (QED) is 0.544. The van der Waals surface area contributed by atoms with Gasteiger partial charge in [-0.2, -0.15) is 13.8 Å². The molecule has 1 aromatic heterocycles. The molecule has 1 heterocycles. The molecule has 0 aliphatic carbocycles. The Kier molecular flexibility index (Phi) is 7.12. The largest absolute Gasteiger partial charge is 0.497 e. The number of guanidine groups is 1. The Morgan fingerprint density at radius 3 is 2.77 bits per heavy atom. The van der Waals surface area contributed by atoms with Gasteiger partial charge < -0.3 is 24.6 Å². The standard InChI is InChI=1S/C16H21F2N5O3/c1-4-19-16(21-9-14-22-10(2)26-23-14)20-8-11-7-12(24-3)5-6-13(11)25-15(17)18/h5-7,15H,4,8-9H2,1-3H3,(H2,19,20,21). The predicted octanol–water partition coefficient (Wildman–Crippen LogP) is 2.24. The van der Waals surface area contributed by atoms with Gasteiger partial charge in [0.25, 0.3) is 0 Å². The molecule has 2 rings (SSSR count). The van der Waals surface area contributed by atoms with Crippen molar-refractivity contribution >= 4 is 5.96 Å². The molecular formula is C16H21F2N5O3. The van der Waals surface area contributed by atoms with Gasteiger partial charge in [-0.15, -0.1) is 0 Å². The van der Waals surface area contributed by atoms with E-state index in [1.165, 1.54) is 13.2 Å². The van der Waals surface area contributed by atoms with Crippen molar-refractivity contribution in [3.63, 3.8) is 0 Å². The number of aromatic nitrogens is 2. The predicted molar refractivity (Wildman–Crippen MR) is 90.3 cm³/mol. The molecule has 1 aromatic carbocycles. The van der Waals surface area contributed by atoms with Gasteiger partial charge >= 0.3 is 6.61 Å². The van der Waals surface area contributed by atoms with E-state index in [0.29, 0.717) is 42.1 Å². The highest BCUT2D eigenvalue weighted by Crippen LogP contribution is 2.26. The smallest absolute Gasteiger partial charge is 0.387 e. The number of aliphatic imine (C=N–C) groups is 1. The normalized spacial score (nSPS) is 11.5. The first-order chi connectivity index (χ1) is 12.5. The molecule has 2 aromatic rings. The van der Waals surface area contributed by atoms with Crippen LogP contribution in [0.1, 0.15) is 24.2 Å². The van der Waals surface area contributed by atoms with Gasteiger partial charge in [-0.05, 0) is 25.1 Å². The molecular weight excluding hydrogens is 348 g/mol. The van der Waals surface area contributed by atoms with E-state index in [1.54, 1.807) is 19.1 Å². The lowest BCUT2D eigenvalue weighted by Gasteiger charge is -2.13. The van der Waals surface area contributed by atoms with Crippen LogP contribution >= 0.6 is 0 Å². The van der Waals surface area contributed by atoms with Crippen molar-refractivity contribution in [2.24, 2.45) is 4.99 Å². The first kappa shape index (κ1) is 19.4. The van der Waals surface area contributed by atoms with Crippen LogP contribution in [0, 0.1) is 6.92 Å². The van der Waals surface area contributed by atoms with Crippen LogP contribution in [0.2, 0.25) is 0 Å². The summed E-state index contributed by atoms with van der Waals surface area (Å²) in [6, 6.07) is 4.58. The molecule has 142 valence electrons. The average molecular weight is 369 g/mol. The van der Waals surface area contributed by atoms with Gasteiger partial charge in [-0.3, -0.25) is 0 Å². The summed E-state index contributed by atoms with van der Waals surface area (Å²) < 4.78 is 39.7. The number of ether oxygens (including phenoxy) is 2. The van der Waals surface area contributed by atoms with E-state index >= 15 is 0 Å². The Labute approximate surface area is 149 Å². The summed E-state index contributed by atoms with van der Waals surface area (Å²) in [6.45, 7) is 1.73. The van der Waals surface area contributed by atoms with Crippen molar-refractivity contribution in [3.05, 3.63) is 35.5 Å². The minimum absolute atomic E-state index is 0.0502.